The molecule has 288 valence electrons. The quantitative estimate of drug-likeness (QED) is 0.152. The van der Waals surface area contributed by atoms with Crippen LogP contribution in [0.5, 0.6) is 0 Å². The molecule has 0 atom stereocenters. The Morgan fingerprint density at radius 3 is 0.806 bits per heavy atom. The zero-order chi connectivity index (χ0) is 41.8. The normalized spacial score (nSPS) is 10.9. The molecule has 6 nitrogen and oxygen atoms in total. The molecular formula is C56H34N6. The fraction of sp³-hybridized carbons (Fsp3) is 0. The molecule has 0 fully saturated rings. The van der Waals surface area contributed by atoms with E-state index in [-0.39, 0.29) is 0 Å². The molecule has 2 heterocycles. The summed E-state index contributed by atoms with van der Waals surface area (Å²) in [7, 11) is 0. The summed E-state index contributed by atoms with van der Waals surface area (Å²) in [6.07, 6.45) is 0. The Morgan fingerprint density at radius 1 is 0.274 bits per heavy atom. The number of hydrogen-bond acceptors (Lipinski definition) is 6. The molecule has 6 heteroatoms. The summed E-state index contributed by atoms with van der Waals surface area (Å²) in [6, 6.07) is 73.0. The van der Waals surface area contributed by atoms with Gasteiger partial charge in [0.05, 0.1) is 33.9 Å². The van der Waals surface area contributed by atoms with Crippen molar-refractivity contribution in [1.82, 2.24) is 19.9 Å². The maximum absolute atomic E-state index is 10.9. The van der Waals surface area contributed by atoms with Gasteiger partial charge in [0.15, 0.2) is 11.6 Å². The van der Waals surface area contributed by atoms with Crippen LogP contribution in [-0.4, -0.2) is 19.9 Å². The van der Waals surface area contributed by atoms with Crippen molar-refractivity contribution in [1.29, 1.82) is 10.5 Å². The second-order valence-electron chi connectivity index (χ2n) is 14.8. The number of nitrogens with zero attached hydrogens (tertiary/aromatic N) is 6. The highest BCUT2D eigenvalue weighted by atomic mass is 14.9. The molecule has 10 aromatic rings. The van der Waals surface area contributed by atoms with Crippen LogP contribution in [0.2, 0.25) is 0 Å². The number of fused-ring (bicyclic) bond motifs is 1. The summed E-state index contributed by atoms with van der Waals surface area (Å²) in [5, 5.41) is 23.2. The largest absolute Gasteiger partial charge is 0.228 e. The van der Waals surface area contributed by atoms with E-state index in [1.165, 1.54) is 0 Å². The smallest absolute Gasteiger partial charge is 0.160 e. The average molecular weight is 791 g/mol. The van der Waals surface area contributed by atoms with E-state index in [1.807, 2.05) is 206 Å². The lowest BCUT2D eigenvalue weighted by Gasteiger charge is -2.18. The minimum atomic E-state index is 0.492. The van der Waals surface area contributed by atoms with E-state index in [9.17, 15) is 10.5 Å². The maximum Gasteiger partial charge on any atom is 0.160 e. The van der Waals surface area contributed by atoms with Crippen LogP contribution in [0.4, 0.5) is 0 Å². The first-order chi connectivity index (χ1) is 30.6. The molecule has 0 amide bonds. The summed E-state index contributed by atoms with van der Waals surface area (Å²) in [5.74, 6) is 1.16. The van der Waals surface area contributed by atoms with Crippen LogP contribution in [0, 0.1) is 22.7 Å². The Hall–Kier alpha value is -8.84. The number of hydrogen-bond donors (Lipinski definition) is 0. The Morgan fingerprint density at radius 2 is 0.532 bits per heavy atom. The van der Waals surface area contributed by atoms with Crippen LogP contribution in [-0.2, 0) is 0 Å². The third kappa shape index (κ3) is 7.15. The molecule has 8 aromatic carbocycles. The van der Waals surface area contributed by atoms with E-state index < -0.39 is 0 Å². The number of rotatable bonds is 8. The highest BCUT2D eigenvalue weighted by Gasteiger charge is 2.23. The summed E-state index contributed by atoms with van der Waals surface area (Å²) >= 11 is 0. The third-order valence-electron chi connectivity index (χ3n) is 11.0. The van der Waals surface area contributed by atoms with Gasteiger partial charge < -0.3 is 0 Å². The topological polar surface area (TPSA) is 99.1 Å². The molecule has 0 N–H and O–H groups in total. The Balaban J connectivity index is 1.10. The van der Waals surface area contributed by atoms with Crippen molar-refractivity contribution in [3.63, 3.8) is 0 Å². The minimum Gasteiger partial charge on any atom is -0.228 e. The van der Waals surface area contributed by atoms with E-state index in [4.69, 9.17) is 19.9 Å². The molecule has 0 saturated heterocycles. The second kappa shape index (κ2) is 16.4. The van der Waals surface area contributed by atoms with Gasteiger partial charge in [0.1, 0.15) is 12.1 Å². The van der Waals surface area contributed by atoms with Gasteiger partial charge >= 0.3 is 0 Å². The van der Waals surface area contributed by atoms with Gasteiger partial charge in [-0.2, -0.15) is 10.5 Å². The SMILES string of the molecule is N#Cc1c(-c2ccc(-c3nc(-c4ccccc4)cc(-c4ccccc4)n3)cc2)c(-c2ccc(-c3nc(-c4ccccc4)cc(-c4ccccc4)n3)cc2)c(C#N)c2ccccc12. The summed E-state index contributed by atoms with van der Waals surface area (Å²) in [5.41, 5.74) is 12.8. The highest BCUT2D eigenvalue weighted by Crippen LogP contribution is 2.43. The molecule has 0 aliphatic heterocycles. The predicted octanol–water partition coefficient (Wildman–Crippen LogP) is 13.5. The Bertz CT molecular complexity index is 2980. The second-order valence-corrected chi connectivity index (χ2v) is 14.8. The molecule has 62 heavy (non-hydrogen) atoms. The van der Waals surface area contributed by atoms with E-state index >= 15 is 0 Å². The lowest BCUT2D eigenvalue weighted by molar-refractivity contribution is 1.18. The lowest BCUT2D eigenvalue weighted by Crippen LogP contribution is -1.99. The van der Waals surface area contributed by atoms with Gasteiger partial charge in [0, 0.05) is 55.3 Å². The summed E-state index contributed by atoms with van der Waals surface area (Å²) in [6.45, 7) is 0. The van der Waals surface area contributed by atoms with E-state index in [1.54, 1.807) is 0 Å². The molecular weight excluding hydrogens is 757 g/mol. The number of nitriles is 2. The predicted molar refractivity (Wildman–Crippen MR) is 248 cm³/mol. The molecule has 10 rings (SSSR count). The fourth-order valence-electron chi connectivity index (χ4n) is 8.00. The zero-order valence-corrected chi connectivity index (χ0v) is 33.3. The first kappa shape index (κ1) is 37.4. The van der Waals surface area contributed by atoms with Crippen molar-refractivity contribution >= 4 is 10.8 Å². The standard InChI is InChI=1S/C56H34N6/c57-35-47-45-23-13-14-24-46(45)48(36-58)54(42-27-31-44(32-28-42)56-61-51(39-19-9-3-10-20-39)34-52(62-56)40-21-11-4-12-22-40)53(47)41-25-29-43(30-26-41)55-59-49(37-15-5-1-6-16-37)33-50(60-55)38-17-7-2-8-18-38/h1-34H. The maximum atomic E-state index is 10.9. The molecule has 0 aliphatic rings. The van der Waals surface area contributed by atoms with Crippen molar-refractivity contribution in [2.24, 2.45) is 0 Å². The van der Waals surface area contributed by atoms with Gasteiger partial charge in [-0.1, -0.05) is 194 Å². The Kier molecular flexibility index (Phi) is 9.92. The van der Waals surface area contributed by atoms with E-state index in [2.05, 4.69) is 12.1 Å². The van der Waals surface area contributed by atoms with Crippen molar-refractivity contribution in [3.05, 3.63) is 217 Å². The van der Waals surface area contributed by atoms with Crippen molar-refractivity contribution in [2.45, 2.75) is 0 Å². The third-order valence-corrected chi connectivity index (χ3v) is 11.0. The van der Waals surface area contributed by atoms with Gasteiger partial charge in [0.2, 0.25) is 0 Å². The van der Waals surface area contributed by atoms with Gasteiger partial charge in [-0.3, -0.25) is 0 Å². The summed E-state index contributed by atoms with van der Waals surface area (Å²) < 4.78 is 0. The monoisotopic (exact) mass is 790 g/mol. The fourth-order valence-corrected chi connectivity index (χ4v) is 8.00. The van der Waals surface area contributed by atoms with Crippen LogP contribution < -0.4 is 0 Å². The molecule has 0 unspecified atom stereocenters. The van der Waals surface area contributed by atoms with Crippen molar-refractivity contribution < 1.29 is 0 Å². The lowest BCUT2D eigenvalue weighted by atomic mass is 9.83. The van der Waals surface area contributed by atoms with Crippen molar-refractivity contribution in [3.8, 4) is 102 Å². The molecule has 0 saturated carbocycles. The van der Waals surface area contributed by atoms with Crippen molar-refractivity contribution in [2.75, 3.05) is 0 Å². The van der Waals surface area contributed by atoms with Crippen LogP contribution in [0.3, 0.4) is 0 Å². The first-order valence-corrected chi connectivity index (χ1v) is 20.3. The van der Waals surface area contributed by atoms with E-state index in [0.29, 0.717) is 33.9 Å². The molecule has 0 bridgehead atoms. The van der Waals surface area contributed by atoms with Crippen LogP contribution >= 0.6 is 0 Å². The molecule has 2 aromatic heterocycles. The summed E-state index contributed by atoms with van der Waals surface area (Å²) in [4.78, 5) is 20.1. The molecule has 0 radical (unpaired) electrons. The zero-order valence-electron chi connectivity index (χ0n) is 33.3. The van der Waals surface area contributed by atoms with Gasteiger partial charge in [-0.05, 0) is 23.3 Å². The van der Waals surface area contributed by atoms with Gasteiger partial charge in [-0.15, -0.1) is 0 Å². The van der Waals surface area contributed by atoms with Crippen LogP contribution in [0.15, 0.2) is 206 Å². The molecule has 0 spiro atoms. The van der Waals surface area contributed by atoms with Crippen LogP contribution in [0.1, 0.15) is 11.1 Å². The number of aromatic nitrogens is 4. The average Bonchev–Trinajstić information content (AvgIpc) is 3.36. The van der Waals surface area contributed by atoms with Gasteiger partial charge in [-0.25, -0.2) is 19.9 Å². The Labute approximate surface area is 359 Å². The molecule has 0 aliphatic carbocycles. The minimum absolute atomic E-state index is 0.492. The highest BCUT2D eigenvalue weighted by molar-refractivity contribution is 6.06. The van der Waals surface area contributed by atoms with E-state index in [0.717, 1.165) is 78.1 Å². The first-order valence-electron chi connectivity index (χ1n) is 20.3. The van der Waals surface area contributed by atoms with Gasteiger partial charge in [0.25, 0.3) is 0 Å². The number of benzene rings is 8. The van der Waals surface area contributed by atoms with Crippen LogP contribution in [0.25, 0.3) is 101 Å².